The first-order chi connectivity index (χ1) is 13.0. The first-order valence-electron chi connectivity index (χ1n) is 9.84. The molecule has 6 nitrogen and oxygen atoms in total. The fourth-order valence-electron chi connectivity index (χ4n) is 4.25. The Bertz CT molecular complexity index is 701. The van der Waals surface area contributed by atoms with E-state index in [1.807, 2.05) is 17.9 Å². The van der Waals surface area contributed by atoms with Gasteiger partial charge in [-0.1, -0.05) is 30.5 Å². The van der Waals surface area contributed by atoms with Crippen LogP contribution >= 0.6 is 0 Å². The summed E-state index contributed by atoms with van der Waals surface area (Å²) >= 11 is 0. The molecule has 1 N–H and O–H groups in total. The number of benzene rings is 1. The summed E-state index contributed by atoms with van der Waals surface area (Å²) in [6.45, 7) is 2.16. The Labute approximate surface area is 160 Å². The van der Waals surface area contributed by atoms with E-state index in [9.17, 15) is 14.4 Å². The molecule has 1 aliphatic heterocycles. The summed E-state index contributed by atoms with van der Waals surface area (Å²) in [7, 11) is 0. The summed E-state index contributed by atoms with van der Waals surface area (Å²) in [5, 5.41) is 2.54. The molecule has 6 heteroatoms. The fraction of sp³-hybridized carbons (Fsp3) is 0.571. The molecule has 0 bridgehead atoms. The lowest BCUT2D eigenvalue weighted by atomic mass is 9.78. The molecule has 2 fully saturated rings. The molecule has 1 aromatic rings. The van der Waals surface area contributed by atoms with Crippen molar-refractivity contribution >= 4 is 17.8 Å². The zero-order valence-electron chi connectivity index (χ0n) is 15.9. The third kappa shape index (κ3) is 5.08. The third-order valence-corrected chi connectivity index (χ3v) is 5.59. The molecule has 0 unspecified atom stereocenters. The van der Waals surface area contributed by atoms with E-state index < -0.39 is 5.97 Å². The highest BCUT2D eigenvalue weighted by molar-refractivity contribution is 5.96. The van der Waals surface area contributed by atoms with Gasteiger partial charge in [-0.2, -0.15) is 0 Å². The lowest BCUT2D eigenvalue weighted by Gasteiger charge is -2.44. The lowest BCUT2D eigenvalue weighted by Crippen LogP contribution is -2.51. The first-order valence-corrected chi connectivity index (χ1v) is 9.84. The second kappa shape index (κ2) is 9.02. The van der Waals surface area contributed by atoms with Gasteiger partial charge in [0.2, 0.25) is 0 Å². The largest absolute Gasteiger partial charge is 0.454 e. The number of fused-ring (bicyclic) bond motifs is 1. The topological polar surface area (TPSA) is 75.7 Å². The highest BCUT2D eigenvalue weighted by atomic mass is 16.5. The minimum Gasteiger partial charge on any atom is -0.454 e. The van der Waals surface area contributed by atoms with Crippen molar-refractivity contribution in [2.45, 2.75) is 51.5 Å². The maximum atomic E-state index is 12.5. The van der Waals surface area contributed by atoms with Crippen molar-refractivity contribution in [3.05, 3.63) is 35.4 Å². The van der Waals surface area contributed by atoms with Gasteiger partial charge in [-0.05, 0) is 50.7 Å². The molecule has 1 aliphatic carbocycles. The molecular formula is C21H28N2O4. The molecule has 1 saturated carbocycles. The Kier molecular flexibility index (Phi) is 6.48. The predicted molar refractivity (Wildman–Crippen MR) is 101 cm³/mol. The van der Waals surface area contributed by atoms with Gasteiger partial charge in [0, 0.05) is 18.2 Å². The monoisotopic (exact) mass is 372 g/mol. The number of rotatable bonds is 5. The number of nitrogens with zero attached hydrogens (tertiary/aromatic N) is 1. The number of aryl methyl sites for hydroxylation is 1. The highest BCUT2D eigenvalue weighted by Gasteiger charge is 2.35. The van der Waals surface area contributed by atoms with Gasteiger partial charge in [0.1, 0.15) is 6.54 Å². The maximum Gasteiger partial charge on any atom is 0.325 e. The van der Waals surface area contributed by atoms with Crippen molar-refractivity contribution in [1.29, 1.82) is 0 Å². The van der Waals surface area contributed by atoms with Crippen LogP contribution in [0.2, 0.25) is 0 Å². The number of likely N-dealkylation sites (tertiary alicyclic amines) is 1. The minimum atomic E-state index is -0.596. The molecule has 3 rings (SSSR count). The van der Waals surface area contributed by atoms with Crippen LogP contribution in [0, 0.1) is 12.8 Å². The Morgan fingerprint density at radius 2 is 1.93 bits per heavy atom. The molecule has 2 atom stereocenters. The van der Waals surface area contributed by atoms with Gasteiger partial charge in [-0.25, -0.2) is 0 Å². The normalized spacial score (nSPS) is 21.9. The Balaban J connectivity index is 1.43. The zero-order chi connectivity index (χ0) is 19.2. The number of hydrogen-bond donors (Lipinski definition) is 1. The van der Waals surface area contributed by atoms with Gasteiger partial charge < -0.3 is 15.0 Å². The van der Waals surface area contributed by atoms with Gasteiger partial charge in [0.25, 0.3) is 11.8 Å². The second-order valence-electron chi connectivity index (χ2n) is 7.55. The van der Waals surface area contributed by atoms with Crippen molar-refractivity contribution < 1.29 is 19.1 Å². The zero-order valence-corrected chi connectivity index (χ0v) is 15.9. The number of ether oxygens (including phenoxy) is 1. The third-order valence-electron chi connectivity index (χ3n) is 5.59. The number of amides is 2. The summed E-state index contributed by atoms with van der Waals surface area (Å²) in [5.41, 5.74) is 1.47. The van der Waals surface area contributed by atoms with Gasteiger partial charge in [0.05, 0.1) is 0 Å². The Morgan fingerprint density at radius 1 is 1.15 bits per heavy atom. The average Bonchev–Trinajstić information content (AvgIpc) is 2.69. The number of nitrogens with one attached hydrogen (secondary N) is 1. The number of piperidine rings is 1. The van der Waals surface area contributed by atoms with Crippen LogP contribution in [-0.4, -0.2) is 48.4 Å². The molecule has 0 aromatic heterocycles. The highest BCUT2D eigenvalue weighted by Crippen LogP contribution is 2.35. The molecule has 1 saturated heterocycles. The Hall–Kier alpha value is -2.37. The van der Waals surface area contributed by atoms with E-state index in [4.69, 9.17) is 4.74 Å². The molecule has 0 spiro atoms. The van der Waals surface area contributed by atoms with Crippen LogP contribution in [0.1, 0.15) is 54.4 Å². The SMILES string of the molecule is Cc1cccc(C(=O)NCC(=O)OCC(=O)N2CCC[C@@H]3CCCC[C@@H]32)c1. The van der Waals surface area contributed by atoms with Crippen LogP contribution in [0.25, 0.3) is 0 Å². The van der Waals surface area contributed by atoms with E-state index in [0.29, 0.717) is 17.5 Å². The maximum absolute atomic E-state index is 12.5. The quantitative estimate of drug-likeness (QED) is 0.806. The standard InChI is InChI=1S/C21H28N2O4/c1-15-6-4-8-17(12-15)21(26)22-13-20(25)27-14-19(24)23-11-5-9-16-7-2-3-10-18(16)23/h4,6,8,12,16,18H,2-3,5,7,9-11,13-14H2,1H3,(H,22,26)/t16-,18-/m0/s1. The molecule has 27 heavy (non-hydrogen) atoms. The lowest BCUT2D eigenvalue weighted by molar-refractivity contribution is -0.154. The number of carbonyl (C=O) groups is 3. The van der Waals surface area contributed by atoms with E-state index in [1.165, 1.54) is 19.3 Å². The second-order valence-corrected chi connectivity index (χ2v) is 7.55. The van der Waals surface area contributed by atoms with Gasteiger partial charge in [-0.15, -0.1) is 0 Å². The van der Waals surface area contributed by atoms with Crippen LogP contribution in [0.3, 0.4) is 0 Å². The van der Waals surface area contributed by atoms with Gasteiger partial charge >= 0.3 is 5.97 Å². The van der Waals surface area contributed by atoms with Crippen LogP contribution in [0.4, 0.5) is 0 Å². The van der Waals surface area contributed by atoms with Crippen LogP contribution < -0.4 is 5.32 Å². The van der Waals surface area contributed by atoms with Crippen molar-refractivity contribution in [2.75, 3.05) is 19.7 Å². The van der Waals surface area contributed by atoms with Crippen LogP contribution in [-0.2, 0) is 14.3 Å². The fourth-order valence-corrected chi connectivity index (χ4v) is 4.25. The average molecular weight is 372 g/mol. The number of esters is 1. The van der Waals surface area contributed by atoms with Crippen LogP contribution in [0.15, 0.2) is 24.3 Å². The predicted octanol–water partition coefficient (Wildman–Crippen LogP) is 2.45. The van der Waals surface area contributed by atoms with Crippen LogP contribution in [0.5, 0.6) is 0 Å². The smallest absolute Gasteiger partial charge is 0.325 e. The molecular weight excluding hydrogens is 344 g/mol. The summed E-state index contributed by atoms with van der Waals surface area (Å²) in [4.78, 5) is 38.4. The van der Waals surface area contributed by atoms with E-state index >= 15 is 0 Å². The van der Waals surface area contributed by atoms with Crippen molar-refractivity contribution in [1.82, 2.24) is 10.2 Å². The first kappa shape index (κ1) is 19.4. The summed E-state index contributed by atoms with van der Waals surface area (Å²) in [6, 6.07) is 7.43. The summed E-state index contributed by atoms with van der Waals surface area (Å²) in [6.07, 6.45) is 6.87. The molecule has 1 heterocycles. The molecule has 2 amide bonds. The summed E-state index contributed by atoms with van der Waals surface area (Å²) in [5.74, 6) is -0.449. The molecule has 1 aromatic carbocycles. The molecule has 146 valence electrons. The van der Waals surface area contributed by atoms with Crippen molar-refractivity contribution in [2.24, 2.45) is 5.92 Å². The Morgan fingerprint density at radius 3 is 2.74 bits per heavy atom. The number of carbonyl (C=O) groups excluding carboxylic acids is 3. The number of hydrogen-bond acceptors (Lipinski definition) is 4. The molecule has 0 radical (unpaired) electrons. The summed E-state index contributed by atoms with van der Waals surface area (Å²) < 4.78 is 5.10. The van der Waals surface area contributed by atoms with E-state index in [2.05, 4.69) is 5.32 Å². The minimum absolute atomic E-state index is 0.120. The van der Waals surface area contributed by atoms with Gasteiger partial charge in [0.15, 0.2) is 6.61 Å². The van der Waals surface area contributed by atoms with E-state index in [-0.39, 0.29) is 25.0 Å². The van der Waals surface area contributed by atoms with E-state index in [1.54, 1.807) is 18.2 Å². The van der Waals surface area contributed by atoms with Crippen molar-refractivity contribution in [3.8, 4) is 0 Å². The van der Waals surface area contributed by atoms with Crippen molar-refractivity contribution in [3.63, 3.8) is 0 Å². The van der Waals surface area contributed by atoms with E-state index in [0.717, 1.165) is 31.4 Å². The molecule has 2 aliphatic rings. The van der Waals surface area contributed by atoms with Gasteiger partial charge in [-0.3, -0.25) is 14.4 Å².